The summed E-state index contributed by atoms with van der Waals surface area (Å²) in [6, 6.07) is 0.534. The lowest BCUT2D eigenvalue weighted by Gasteiger charge is -2.43. The van der Waals surface area contributed by atoms with Gasteiger partial charge in [-0.2, -0.15) is 0 Å². The van der Waals surface area contributed by atoms with Crippen LogP contribution in [0.4, 0.5) is 0 Å². The summed E-state index contributed by atoms with van der Waals surface area (Å²) in [6.45, 7) is 3.14. The van der Waals surface area contributed by atoms with Crippen LogP contribution >= 0.6 is 0 Å². The van der Waals surface area contributed by atoms with E-state index in [-0.39, 0.29) is 11.5 Å². The topological polar surface area (TPSA) is 46.3 Å². The first-order valence-electron chi connectivity index (χ1n) is 9.12. The van der Waals surface area contributed by atoms with Gasteiger partial charge in [-0.1, -0.05) is 12.8 Å². The zero-order valence-electron chi connectivity index (χ0n) is 13.4. The highest BCUT2D eigenvalue weighted by Gasteiger charge is 2.47. The zero-order chi connectivity index (χ0) is 14.6. The predicted molar refractivity (Wildman–Crippen MR) is 83.6 cm³/mol. The average molecular weight is 290 g/mol. The van der Waals surface area contributed by atoms with Crippen molar-refractivity contribution >= 4 is 5.91 Å². The maximum atomic E-state index is 13.2. The summed E-state index contributed by atoms with van der Waals surface area (Å²) in [5.41, 5.74) is 6.22. The highest BCUT2D eigenvalue weighted by Crippen LogP contribution is 2.48. The SMILES string of the molecule is CC1(N)CCCCC1C(=O)N1CC2CC3CC(C2)CC1C3. The monoisotopic (exact) mass is 290 g/mol. The maximum Gasteiger partial charge on any atom is 0.227 e. The molecule has 0 radical (unpaired) electrons. The van der Waals surface area contributed by atoms with Crippen LogP contribution in [-0.2, 0) is 4.79 Å². The first kappa shape index (κ1) is 14.0. The molecule has 0 aromatic rings. The molecule has 3 aliphatic carbocycles. The lowest BCUT2D eigenvalue weighted by molar-refractivity contribution is -0.142. The fourth-order valence-electron chi connectivity index (χ4n) is 6.02. The van der Waals surface area contributed by atoms with Crippen molar-refractivity contribution in [2.75, 3.05) is 6.54 Å². The third kappa shape index (κ3) is 2.42. The highest BCUT2D eigenvalue weighted by atomic mass is 16.2. The third-order valence-corrected chi connectivity index (χ3v) is 6.94. The number of carbonyl (C=O) groups excluding carboxylic acids is 1. The molecule has 3 heteroatoms. The lowest BCUT2D eigenvalue weighted by Crippen LogP contribution is -2.55. The van der Waals surface area contributed by atoms with Gasteiger partial charge in [0.2, 0.25) is 5.91 Å². The first-order chi connectivity index (χ1) is 10.0. The van der Waals surface area contributed by atoms with Gasteiger partial charge >= 0.3 is 0 Å². The Kier molecular flexibility index (Phi) is 3.33. The quantitative estimate of drug-likeness (QED) is 0.807. The molecule has 2 heterocycles. The van der Waals surface area contributed by atoms with E-state index in [2.05, 4.69) is 11.8 Å². The van der Waals surface area contributed by atoms with Gasteiger partial charge in [-0.25, -0.2) is 0 Å². The normalized spacial score (nSPS) is 49.2. The zero-order valence-corrected chi connectivity index (χ0v) is 13.4. The molecule has 5 fully saturated rings. The Labute approximate surface area is 128 Å². The van der Waals surface area contributed by atoms with Gasteiger partial charge in [-0.15, -0.1) is 0 Å². The van der Waals surface area contributed by atoms with Crippen LogP contribution in [0.2, 0.25) is 0 Å². The van der Waals surface area contributed by atoms with Crippen molar-refractivity contribution < 1.29 is 4.79 Å². The van der Waals surface area contributed by atoms with Crippen LogP contribution in [0.15, 0.2) is 0 Å². The number of fused-ring (bicyclic) bond motifs is 1. The molecule has 3 nitrogen and oxygen atoms in total. The molecule has 5 aliphatic rings. The Hall–Kier alpha value is -0.570. The number of rotatable bonds is 1. The summed E-state index contributed by atoms with van der Waals surface area (Å²) in [6.07, 6.45) is 11.1. The van der Waals surface area contributed by atoms with Gasteiger partial charge in [-0.3, -0.25) is 4.79 Å². The molecule has 3 saturated carbocycles. The molecule has 118 valence electrons. The van der Waals surface area contributed by atoms with Crippen LogP contribution < -0.4 is 5.73 Å². The summed E-state index contributed by atoms with van der Waals surface area (Å²) in [5.74, 6) is 3.06. The molecular formula is C18H30N2O. The van der Waals surface area contributed by atoms with Gasteiger partial charge in [0.1, 0.15) is 0 Å². The van der Waals surface area contributed by atoms with E-state index in [0.29, 0.717) is 11.9 Å². The Balaban J connectivity index is 1.56. The molecule has 2 aliphatic heterocycles. The van der Waals surface area contributed by atoms with Crippen molar-refractivity contribution in [2.24, 2.45) is 29.4 Å². The van der Waals surface area contributed by atoms with Gasteiger partial charge in [0.05, 0.1) is 5.92 Å². The molecule has 0 aromatic carbocycles. The van der Waals surface area contributed by atoms with Crippen molar-refractivity contribution in [1.29, 1.82) is 0 Å². The van der Waals surface area contributed by atoms with E-state index in [0.717, 1.165) is 37.1 Å². The van der Waals surface area contributed by atoms with Crippen LogP contribution in [0, 0.1) is 23.7 Å². The smallest absolute Gasteiger partial charge is 0.227 e. The van der Waals surface area contributed by atoms with Gasteiger partial charge in [0.15, 0.2) is 0 Å². The molecule has 5 rings (SSSR count). The Morgan fingerprint density at radius 2 is 1.71 bits per heavy atom. The average Bonchev–Trinajstić information content (AvgIpc) is 2.61. The number of nitrogens with two attached hydrogens (primary N) is 1. The number of amides is 1. The molecule has 4 unspecified atom stereocenters. The van der Waals surface area contributed by atoms with Gasteiger partial charge < -0.3 is 10.6 Å². The van der Waals surface area contributed by atoms with E-state index < -0.39 is 0 Å². The molecular weight excluding hydrogens is 260 g/mol. The van der Waals surface area contributed by atoms with Crippen LogP contribution in [0.25, 0.3) is 0 Å². The lowest BCUT2D eigenvalue weighted by atomic mass is 9.68. The van der Waals surface area contributed by atoms with Crippen molar-refractivity contribution in [2.45, 2.75) is 76.3 Å². The van der Waals surface area contributed by atoms with Crippen molar-refractivity contribution in [1.82, 2.24) is 4.90 Å². The van der Waals surface area contributed by atoms with Crippen molar-refractivity contribution in [3.05, 3.63) is 0 Å². The minimum atomic E-state index is -0.279. The Morgan fingerprint density at radius 3 is 2.38 bits per heavy atom. The molecule has 0 aromatic heterocycles. The second-order valence-electron chi connectivity index (χ2n) is 8.73. The molecule has 0 spiro atoms. The second-order valence-corrected chi connectivity index (χ2v) is 8.73. The second kappa shape index (κ2) is 4.97. The number of carbonyl (C=O) groups is 1. The summed E-state index contributed by atoms with van der Waals surface area (Å²) >= 11 is 0. The van der Waals surface area contributed by atoms with Crippen molar-refractivity contribution in [3.63, 3.8) is 0 Å². The molecule has 2 saturated heterocycles. The van der Waals surface area contributed by atoms with E-state index in [1.807, 2.05) is 0 Å². The highest BCUT2D eigenvalue weighted by molar-refractivity contribution is 5.81. The minimum Gasteiger partial charge on any atom is -0.339 e. The number of hydrogen-bond acceptors (Lipinski definition) is 2. The minimum absolute atomic E-state index is 0.0712. The van der Waals surface area contributed by atoms with Crippen LogP contribution in [0.5, 0.6) is 0 Å². The molecule has 21 heavy (non-hydrogen) atoms. The van der Waals surface area contributed by atoms with Gasteiger partial charge in [-0.05, 0) is 69.6 Å². The maximum absolute atomic E-state index is 13.2. The van der Waals surface area contributed by atoms with Crippen molar-refractivity contribution in [3.8, 4) is 0 Å². The predicted octanol–water partition coefficient (Wildman–Crippen LogP) is 2.93. The molecule has 4 atom stereocenters. The van der Waals surface area contributed by atoms with E-state index in [4.69, 9.17) is 5.73 Å². The molecule has 2 N–H and O–H groups in total. The third-order valence-electron chi connectivity index (χ3n) is 6.94. The van der Waals surface area contributed by atoms with Gasteiger partial charge in [0, 0.05) is 18.1 Å². The van der Waals surface area contributed by atoms with E-state index in [9.17, 15) is 4.79 Å². The number of nitrogens with zero attached hydrogens (tertiary/aromatic N) is 1. The summed E-state index contributed by atoms with van der Waals surface area (Å²) in [4.78, 5) is 15.5. The summed E-state index contributed by atoms with van der Waals surface area (Å²) < 4.78 is 0. The summed E-state index contributed by atoms with van der Waals surface area (Å²) in [5, 5.41) is 0. The van der Waals surface area contributed by atoms with Gasteiger partial charge in [0.25, 0.3) is 0 Å². The molecule has 4 bridgehead atoms. The summed E-state index contributed by atoms with van der Waals surface area (Å²) in [7, 11) is 0. The van der Waals surface area contributed by atoms with Crippen LogP contribution in [-0.4, -0.2) is 28.9 Å². The first-order valence-corrected chi connectivity index (χ1v) is 9.12. The van der Waals surface area contributed by atoms with E-state index in [1.165, 1.54) is 44.9 Å². The fraction of sp³-hybridized carbons (Fsp3) is 0.944. The number of hydrogen-bond donors (Lipinski definition) is 1. The molecule has 1 amide bonds. The van der Waals surface area contributed by atoms with Crippen LogP contribution in [0.3, 0.4) is 0 Å². The van der Waals surface area contributed by atoms with Crippen LogP contribution in [0.1, 0.15) is 64.7 Å². The largest absolute Gasteiger partial charge is 0.339 e. The Bertz CT molecular complexity index is 419. The standard InChI is InChI=1S/C18H30N2O/c1-18(19)5-3-2-4-16(18)17(21)20-11-14-7-12-6-13(8-14)10-15(20)9-12/h12-16H,2-11,19H2,1H3. The van der Waals surface area contributed by atoms with E-state index in [1.54, 1.807) is 0 Å². The fourth-order valence-corrected chi connectivity index (χ4v) is 6.02. The van der Waals surface area contributed by atoms with E-state index >= 15 is 0 Å². The Morgan fingerprint density at radius 1 is 1.05 bits per heavy atom.